The Labute approximate surface area is 80.8 Å². The summed E-state index contributed by atoms with van der Waals surface area (Å²) in [5, 5.41) is 33.5. The highest BCUT2D eigenvalue weighted by atomic mass is 16.9. The van der Waals surface area contributed by atoms with E-state index in [-0.39, 0.29) is 0 Å². The molecule has 4 N–H and O–H groups in total. The summed E-state index contributed by atoms with van der Waals surface area (Å²) in [5.74, 6) is 0. The molecule has 0 aromatic carbocycles. The largest absolute Gasteiger partial charge is 0.356 e. The number of nitrogens with two attached hydrogens (primary N) is 2. The first-order chi connectivity index (χ1) is 6.29. The monoisotopic (exact) mass is 216 g/mol. The maximum atomic E-state index is 8.25. The zero-order valence-corrected chi connectivity index (χ0v) is 8.50. The number of rotatable bonds is 0. The van der Waals surface area contributed by atoms with Crippen LogP contribution in [0, 0.1) is 30.6 Å². The van der Waals surface area contributed by atoms with E-state index in [9.17, 15) is 0 Å². The highest BCUT2D eigenvalue weighted by Crippen LogP contribution is 1.44. The Morgan fingerprint density at radius 3 is 0.714 bits per heavy atom. The van der Waals surface area contributed by atoms with Crippen molar-refractivity contribution in [1.29, 1.82) is 0 Å². The fourth-order valence-electron chi connectivity index (χ4n) is 0. The highest BCUT2D eigenvalue weighted by molar-refractivity contribution is 4.04. The van der Waals surface area contributed by atoms with E-state index in [1.807, 2.05) is 38.8 Å². The third kappa shape index (κ3) is 318. The Hall–Kier alpha value is -1.68. The maximum Gasteiger partial charge on any atom is 0.0689 e. The molecule has 0 radical (unpaired) electrons. The van der Waals surface area contributed by atoms with Gasteiger partial charge < -0.3 is 41.3 Å². The van der Waals surface area contributed by atoms with Crippen LogP contribution in [0.25, 0.3) is 0 Å². The molecule has 0 amide bonds. The van der Waals surface area contributed by atoms with Gasteiger partial charge in [0.1, 0.15) is 0 Å². The van der Waals surface area contributed by atoms with E-state index in [1.165, 1.54) is 0 Å². The third-order valence-electron chi connectivity index (χ3n) is 0. The topological polar surface area (TPSA) is 166 Å². The molecule has 0 aromatic rings. The van der Waals surface area contributed by atoms with Crippen molar-refractivity contribution in [2.75, 3.05) is 28.2 Å². The minimum atomic E-state index is -1.75. The van der Waals surface area contributed by atoms with Gasteiger partial charge in [-0.15, -0.1) is 0 Å². The molecule has 0 fully saturated rings. The van der Waals surface area contributed by atoms with Crippen molar-refractivity contribution in [3.8, 4) is 0 Å². The summed E-state index contributed by atoms with van der Waals surface area (Å²) in [6, 6.07) is 0. The van der Waals surface area contributed by atoms with Crippen LogP contribution in [0.15, 0.2) is 0 Å². The predicted molar refractivity (Wildman–Crippen MR) is 48.3 cm³/mol. The lowest BCUT2D eigenvalue weighted by Crippen LogP contribution is -2.74. The van der Waals surface area contributed by atoms with E-state index in [1.54, 1.807) is 0 Å². The van der Waals surface area contributed by atoms with Gasteiger partial charge in [0.05, 0.1) is 38.4 Å². The van der Waals surface area contributed by atoms with Crippen LogP contribution in [0.3, 0.4) is 0 Å². The number of quaternary nitrogens is 2. The second-order valence-electron chi connectivity index (χ2n) is 1.60. The van der Waals surface area contributed by atoms with Gasteiger partial charge in [-0.3, -0.25) is 0 Å². The Balaban J connectivity index is -0.0000000482. The molecule has 0 atom stereocenters. The van der Waals surface area contributed by atoms with Gasteiger partial charge in [0, 0.05) is 0 Å². The molecule has 0 bridgehead atoms. The molecule has 14 heavy (non-hydrogen) atoms. The molecule has 10 nitrogen and oxygen atoms in total. The summed E-state index contributed by atoms with van der Waals surface area (Å²) in [7, 11) is 8.00. The lowest BCUT2D eigenvalue weighted by Gasteiger charge is -1.74. The molecular formula is C4H16N4O6. The molecule has 0 saturated carbocycles. The second-order valence-corrected chi connectivity index (χ2v) is 1.60. The molecule has 0 unspecified atom stereocenters. The summed E-state index contributed by atoms with van der Waals surface area (Å²) < 4.78 is 0. The molecule has 0 aliphatic carbocycles. The Morgan fingerprint density at radius 2 is 0.714 bits per heavy atom. The number of nitrogens with zero attached hydrogens (tertiary/aromatic N) is 2. The average Bonchev–Trinajstić information content (AvgIpc) is 1.85. The van der Waals surface area contributed by atoms with Gasteiger partial charge in [-0.1, -0.05) is 0 Å². The first-order valence-corrected chi connectivity index (χ1v) is 3.40. The molecule has 0 aromatic heterocycles. The molecule has 0 heterocycles. The quantitative estimate of drug-likeness (QED) is 0.326. The lowest BCUT2D eigenvalue weighted by atomic mass is 11.3. The van der Waals surface area contributed by atoms with Crippen molar-refractivity contribution >= 4 is 0 Å². The SMILES string of the molecule is C[NH2+]C.C[NH2+]C.O=[N+]([O-])[O-].O=[N+]([O-])[O-]. The second kappa shape index (κ2) is 30.2. The van der Waals surface area contributed by atoms with Crippen molar-refractivity contribution < 1.29 is 20.8 Å². The Bertz CT molecular complexity index is 98.4. The van der Waals surface area contributed by atoms with Crippen LogP contribution < -0.4 is 10.6 Å². The van der Waals surface area contributed by atoms with E-state index in [2.05, 4.69) is 0 Å². The molecule has 0 aliphatic heterocycles. The lowest BCUT2D eigenvalue weighted by molar-refractivity contribution is -0.597. The van der Waals surface area contributed by atoms with Crippen LogP contribution in [0.1, 0.15) is 0 Å². The van der Waals surface area contributed by atoms with Crippen molar-refractivity contribution in [3.63, 3.8) is 0 Å². The standard InChI is InChI=1S/2C2H7N.2NO3/c2*1-3-2;2*2-1(3)4/h2*3H,1-2H3;;/q;;2*-1/p+2. The van der Waals surface area contributed by atoms with Crippen molar-refractivity contribution in [2.24, 2.45) is 0 Å². The Kier molecular flexibility index (Phi) is 49.2. The fourth-order valence-corrected chi connectivity index (χ4v) is 0. The zero-order chi connectivity index (χ0) is 12.6. The number of hydrogen-bond donors (Lipinski definition) is 2. The molecule has 0 spiro atoms. The maximum absolute atomic E-state index is 8.25. The summed E-state index contributed by atoms with van der Waals surface area (Å²) in [5.41, 5.74) is 0. The van der Waals surface area contributed by atoms with Crippen LogP contribution in [0.2, 0.25) is 0 Å². The summed E-state index contributed by atoms with van der Waals surface area (Å²) >= 11 is 0. The number of hydrogen-bond acceptors (Lipinski definition) is 6. The third-order valence-corrected chi connectivity index (χ3v) is 0. The van der Waals surface area contributed by atoms with E-state index < -0.39 is 10.2 Å². The van der Waals surface area contributed by atoms with Gasteiger partial charge in [-0.2, -0.15) is 0 Å². The summed E-state index contributed by atoms with van der Waals surface area (Å²) in [6.07, 6.45) is 0. The Morgan fingerprint density at radius 1 is 0.714 bits per heavy atom. The van der Waals surface area contributed by atoms with Crippen LogP contribution in [-0.2, 0) is 0 Å². The first kappa shape index (κ1) is 22.8. The van der Waals surface area contributed by atoms with E-state index in [0.717, 1.165) is 0 Å². The first-order valence-electron chi connectivity index (χ1n) is 3.40. The van der Waals surface area contributed by atoms with Crippen molar-refractivity contribution in [2.45, 2.75) is 0 Å². The van der Waals surface area contributed by atoms with E-state index in [4.69, 9.17) is 30.6 Å². The normalized spacial score (nSPS) is 6.00. The zero-order valence-electron chi connectivity index (χ0n) is 8.50. The van der Waals surface area contributed by atoms with Crippen LogP contribution in [-0.4, -0.2) is 38.4 Å². The van der Waals surface area contributed by atoms with Gasteiger partial charge in [0.25, 0.3) is 0 Å². The van der Waals surface area contributed by atoms with Crippen LogP contribution in [0.4, 0.5) is 0 Å². The van der Waals surface area contributed by atoms with Crippen LogP contribution >= 0.6 is 0 Å². The highest BCUT2D eigenvalue weighted by Gasteiger charge is 1.46. The van der Waals surface area contributed by atoms with Crippen molar-refractivity contribution in [3.05, 3.63) is 30.6 Å². The molecule has 0 rings (SSSR count). The van der Waals surface area contributed by atoms with E-state index in [0.29, 0.717) is 0 Å². The predicted octanol–water partition coefficient (Wildman–Crippen LogP) is -2.86. The smallest absolute Gasteiger partial charge is 0.0689 e. The van der Waals surface area contributed by atoms with Gasteiger partial charge >= 0.3 is 0 Å². The van der Waals surface area contributed by atoms with Crippen LogP contribution in [0.5, 0.6) is 0 Å². The molecule has 88 valence electrons. The molecule has 0 aliphatic rings. The fraction of sp³-hybridized carbons (Fsp3) is 1.00. The van der Waals surface area contributed by atoms with Gasteiger partial charge in [0.2, 0.25) is 0 Å². The van der Waals surface area contributed by atoms with Gasteiger partial charge in [0.15, 0.2) is 0 Å². The minimum absolute atomic E-state index is 1.75. The molecule has 10 heteroatoms. The molecule has 0 saturated heterocycles. The summed E-state index contributed by atoms with van der Waals surface area (Å²) in [4.78, 5) is 16.5. The average molecular weight is 216 g/mol. The van der Waals surface area contributed by atoms with Gasteiger partial charge in [-0.05, 0) is 0 Å². The minimum Gasteiger partial charge on any atom is -0.356 e. The summed E-state index contributed by atoms with van der Waals surface area (Å²) in [6.45, 7) is 0. The molecular weight excluding hydrogens is 200 g/mol. The van der Waals surface area contributed by atoms with Crippen molar-refractivity contribution in [1.82, 2.24) is 0 Å². The van der Waals surface area contributed by atoms with Gasteiger partial charge in [-0.25, -0.2) is 0 Å². The van der Waals surface area contributed by atoms with E-state index >= 15 is 0 Å².